The second-order valence-electron chi connectivity index (χ2n) is 7.11. The zero-order chi connectivity index (χ0) is 20.2. The highest BCUT2D eigenvalue weighted by molar-refractivity contribution is 6.30. The van der Waals surface area contributed by atoms with Gasteiger partial charge in [-0.15, -0.1) is 0 Å². The summed E-state index contributed by atoms with van der Waals surface area (Å²) < 4.78 is 24.8. The first-order valence-electron chi connectivity index (χ1n) is 9.68. The number of nitrogens with zero attached hydrogens (tertiary/aromatic N) is 2. The number of amides is 1. The molecule has 0 spiro atoms. The van der Waals surface area contributed by atoms with E-state index in [0.717, 1.165) is 38.5 Å². The number of hydrogen-bond donors (Lipinski definition) is 1. The number of carbonyl (C=O) groups is 1. The first-order chi connectivity index (χ1) is 14.1. The lowest BCUT2D eigenvalue weighted by Gasteiger charge is -2.40. The Morgan fingerprint density at radius 1 is 1.10 bits per heavy atom. The second kappa shape index (κ2) is 8.98. The number of rotatable bonds is 5. The third-order valence-corrected chi connectivity index (χ3v) is 5.42. The Kier molecular flexibility index (Phi) is 6.18. The number of fused-ring (bicyclic) bond motifs is 1. The predicted molar refractivity (Wildman–Crippen MR) is 108 cm³/mol. The van der Waals surface area contributed by atoms with Crippen LogP contribution in [0.4, 0.5) is 4.39 Å². The van der Waals surface area contributed by atoms with Gasteiger partial charge < -0.3 is 14.8 Å². The second-order valence-corrected chi connectivity index (χ2v) is 7.55. The van der Waals surface area contributed by atoms with Crippen molar-refractivity contribution in [2.45, 2.75) is 6.23 Å². The number of nitrogens with one attached hydrogen (secondary N) is 1. The molecule has 1 fully saturated rings. The predicted octanol–water partition coefficient (Wildman–Crippen LogP) is 2.62. The maximum atomic E-state index is 12.9. The summed E-state index contributed by atoms with van der Waals surface area (Å²) >= 11 is 6.04. The van der Waals surface area contributed by atoms with Crippen molar-refractivity contribution in [3.8, 4) is 11.5 Å². The largest absolute Gasteiger partial charge is 0.484 e. The van der Waals surface area contributed by atoms with Crippen LogP contribution in [0.5, 0.6) is 11.5 Å². The molecule has 0 bridgehead atoms. The van der Waals surface area contributed by atoms with Gasteiger partial charge >= 0.3 is 0 Å². The Bertz CT molecular complexity index is 857. The van der Waals surface area contributed by atoms with Gasteiger partial charge in [0.2, 0.25) is 0 Å². The van der Waals surface area contributed by atoms with Crippen LogP contribution in [0.2, 0.25) is 5.02 Å². The molecule has 2 aliphatic rings. The van der Waals surface area contributed by atoms with E-state index in [4.69, 9.17) is 21.1 Å². The van der Waals surface area contributed by atoms with Crippen molar-refractivity contribution in [2.75, 3.05) is 45.9 Å². The average Bonchev–Trinajstić information content (AvgIpc) is 2.74. The molecule has 1 amide bonds. The Balaban J connectivity index is 1.20. The topological polar surface area (TPSA) is 54.0 Å². The normalized spacial score (nSPS) is 19.7. The van der Waals surface area contributed by atoms with Crippen LogP contribution < -0.4 is 14.8 Å². The highest BCUT2D eigenvalue weighted by atomic mass is 35.5. The van der Waals surface area contributed by atoms with Gasteiger partial charge in [-0.05, 0) is 36.4 Å². The Morgan fingerprint density at radius 2 is 1.86 bits per heavy atom. The first kappa shape index (κ1) is 19.9. The molecule has 2 aliphatic heterocycles. The minimum absolute atomic E-state index is 0.124. The molecule has 4 rings (SSSR count). The summed E-state index contributed by atoms with van der Waals surface area (Å²) in [6.07, 6.45) is -0.124. The molecule has 0 radical (unpaired) electrons. The van der Waals surface area contributed by atoms with Crippen molar-refractivity contribution >= 4 is 17.5 Å². The standard InChI is InChI=1S/C21H23ClFN3O3/c22-16-3-6-18-19(13-16)29-20(14-28-18)26-11-9-25(10-12-26)8-7-24-21(27)15-1-4-17(23)5-2-15/h1-6,13,20H,7-12,14H2,(H,24,27). The molecule has 0 aliphatic carbocycles. The van der Waals surface area contributed by atoms with Gasteiger partial charge in [0.15, 0.2) is 17.7 Å². The van der Waals surface area contributed by atoms with E-state index in [2.05, 4.69) is 15.1 Å². The van der Waals surface area contributed by atoms with Crippen molar-refractivity contribution in [3.63, 3.8) is 0 Å². The molecule has 1 unspecified atom stereocenters. The lowest BCUT2D eigenvalue weighted by molar-refractivity contribution is -0.0490. The number of hydrogen-bond acceptors (Lipinski definition) is 5. The lowest BCUT2D eigenvalue weighted by atomic mass is 10.2. The van der Waals surface area contributed by atoms with Crippen LogP contribution in [0.1, 0.15) is 10.4 Å². The number of halogens is 2. The van der Waals surface area contributed by atoms with E-state index < -0.39 is 0 Å². The zero-order valence-corrected chi connectivity index (χ0v) is 16.7. The summed E-state index contributed by atoms with van der Waals surface area (Å²) in [6.45, 7) is 5.28. The highest BCUT2D eigenvalue weighted by Crippen LogP contribution is 2.34. The molecule has 0 saturated carbocycles. The van der Waals surface area contributed by atoms with Gasteiger partial charge in [0.25, 0.3) is 5.91 Å². The molecule has 8 heteroatoms. The molecule has 2 aromatic rings. The molecular weight excluding hydrogens is 397 g/mol. The molecule has 154 valence electrons. The lowest BCUT2D eigenvalue weighted by Crippen LogP contribution is -2.55. The Morgan fingerprint density at radius 3 is 2.62 bits per heavy atom. The summed E-state index contributed by atoms with van der Waals surface area (Å²) in [5, 5.41) is 3.51. The number of benzene rings is 2. The molecule has 1 N–H and O–H groups in total. The molecule has 2 heterocycles. The van der Waals surface area contributed by atoms with Crippen LogP contribution in [-0.2, 0) is 0 Å². The van der Waals surface area contributed by atoms with Gasteiger partial charge in [0, 0.05) is 55.9 Å². The van der Waals surface area contributed by atoms with Crippen molar-refractivity contribution in [1.29, 1.82) is 0 Å². The van der Waals surface area contributed by atoms with Crippen LogP contribution >= 0.6 is 11.6 Å². The van der Waals surface area contributed by atoms with Crippen LogP contribution in [0.15, 0.2) is 42.5 Å². The van der Waals surface area contributed by atoms with Crippen molar-refractivity contribution in [3.05, 3.63) is 58.9 Å². The van der Waals surface area contributed by atoms with Gasteiger partial charge in [-0.1, -0.05) is 11.6 Å². The maximum Gasteiger partial charge on any atom is 0.251 e. The average molecular weight is 420 g/mol. The molecule has 0 aromatic heterocycles. The molecule has 1 atom stereocenters. The van der Waals surface area contributed by atoms with Crippen LogP contribution in [0.3, 0.4) is 0 Å². The van der Waals surface area contributed by atoms with Gasteiger partial charge in [0.1, 0.15) is 12.4 Å². The van der Waals surface area contributed by atoms with Crippen LogP contribution in [-0.4, -0.2) is 67.8 Å². The Labute approximate surface area is 174 Å². The van der Waals surface area contributed by atoms with Gasteiger partial charge in [0.05, 0.1) is 0 Å². The summed E-state index contributed by atoms with van der Waals surface area (Å²) in [4.78, 5) is 16.6. The minimum atomic E-state index is -0.349. The van der Waals surface area contributed by atoms with Crippen molar-refractivity contribution in [2.24, 2.45) is 0 Å². The molecular formula is C21H23ClFN3O3. The fourth-order valence-electron chi connectivity index (χ4n) is 3.52. The van der Waals surface area contributed by atoms with E-state index in [1.165, 1.54) is 24.3 Å². The summed E-state index contributed by atoms with van der Waals surface area (Å²) in [5.74, 6) is 0.868. The quantitative estimate of drug-likeness (QED) is 0.807. The highest BCUT2D eigenvalue weighted by Gasteiger charge is 2.29. The van der Waals surface area contributed by atoms with Crippen LogP contribution in [0.25, 0.3) is 0 Å². The molecule has 6 nitrogen and oxygen atoms in total. The third kappa shape index (κ3) is 4.98. The van der Waals surface area contributed by atoms with E-state index in [1.54, 1.807) is 12.1 Å². The minimum Gasteiger partial charge on any atom is -0.484 e. The summed E-state index contributed by atoms with van der Waals surface area (Å²) in [7, 11) is 0. The zero-order valence-electron chi connectivity index (χ0n) is 15.9. The Hall–Kier alpha value is -2.35. The first-order valence-corrected chi connectivity index (χ1v) is 10.1. The van der Waals surface area contributed by atoms with Gasteiger partial charge in [-0.25, -0.2) is 4.39 Å². The van der Waals surface area contributed by atoms with Crippen molar-refractivity contribution in [1.82, 2.24) is 15.1 Å². The maximum absolute atomic E-state index is 12.9. The number of piperazine rings is 1. The van der Waals surface area contributed by atoms with E-state index >= 15 is 0 Å². The molecule has 29 heavy (non-hydrogen) atoms. The smallest absolute Gasteiger partial charge is 0.251 e. The molecule has 1 saturated heterocycles. The number of ether oxygens (including phenoxy) is 2. The third-order valence-electron chi connectivity index (χ3n) is 5.18. The van der Waals surface area contributed by atoms with E-state index in [0.29, 0.717) is 29.5 Å². The number of carbonyl (C=O) groups excluding carboxylic acids is 1. The van der Waals surface area contributed by atoms with Gasteiger partial charge in [-0.3, -0.25) is 14.6 Å². The fourth-order valence-corrected chi connectivity index (χ4v) is 3.68. The summed E-state index contributed by atoms with van der Waals surface area (Å²) in [5.41, 5.74) is 0.464. The SMILES string of the molecule is O=C(NCCN1CCN(C2COc3ccc(Cl)cc3O2)CC1)c1ccc(F)cc1. The summed E-state index contributed by atoms with van der Waals surface area (Å²) in [6, 6.07) is 10.9. The van der Waals surface area contributed by atoms with E-state index in [-0.39, 0.29) is 18.0 Å². The van der Waals surface area contributed by atoms with Crippen molar-refractivity contribution < 1.29 is 18.7 Å². The van der Waals surface area contributed by atoms with Crippen LogP contribution in [0, 0.1) is 5.82 Å². The van der Waals surface area contributed by atoms with E-state index in [1.807, 2.05) is 6.07 Å². The van der Waals surface area contributed by atoms with Gasteiger partial charge in [-0.2, -0.15) is 0 Å². The monoisotopic (exact) mass is 419 g/mol. The molecule has 2 aromatic carbocycles. The fraction of sp³-hybridized carbons (Fsp3) is 0.381. The van der Waals surface area contributed by atoms with E-state index in [9.17, 15) is 9.18 Å².